The number of rotatable bonds is 2. The molecular weight excluding hydrogens is 196 g/mol. The second-order valence-electron chi connectivity index (χ2n) is 4.12. The lowest BCUT2D eigenvalue weighted by Crippen LogP contribution is -2.52. The van der Waals surface area contributed by atoms with Gasteiger partial charge in [0.2, 0.25) is 5.91 Å². The average Bonchev–Trinajstić information content (AvgIpc) is 2.56. The summed E-state index contributed by atoms with van der Waals surface area (Å²) < 4.78 is 0. The molecule has 2 aliphatic rings. The third-order valence-electron chi connectivity index (χ3n) is 3.08. The third-order valence-corrected chi connectivity index (χ3v) is 4.40. The molecule has 4 heteroatoms. The molecule has 0 radical (unpaired) electrons. The first kappa shape index (κ1) is 10.3. The van der Waals surface area contributed by atoms with Crippen LogP contribution in [0.25, 0.3) is 0 Å². The number of carbonyl (C=O) groups excluding carboxylic acids is 1. The molecule has 0 aliphatic carbocycles. The van der Waals surface area contributed by atoms with Crippen LogP contribution in [0, 0.1) is 0 Å². The van der Waals surface area contributed by atoms with Crippen molar-refractivity contribution < 1.29 is 4.79 Å². The van der Waals surface area contributed by atoms with Gasteiger partial charge in [0.05, 0.1) is 6.04 Å². The van der Waals surface area contributed by atoms with E-state index >= 15 is 0 Å². The Morgan fingerprint density at radius 3 is 3.00 bits per heavy atom. The minimum Gasteiger partial charge on any atom is -0.355 e. The van der Waals surface area contributed by atoms with Crippen LogP contribution in [0.3, 0.4) is 0 Å². The number of thioether (sulfide) groups is 1. The molecule has 2 N–H and O–H groups in total. The van der Waals surface area contributed by atoms with E-state index in [0.717, 1.165) is 19.4 Å². The Balaban J connectivity index is 1.86. The second kappa shape index (κ2) is 4.53. The standard InChI is InChI=1S/C10H18N2OS/c1-7-8(4-6-14-7)12-9-3-2-5-11-10(9)13/h7-9,12H,2-6H2,1H3,(H,11,13). The molecule has 0 bridgehead atoms. The fraction of sp³-hybridized carbons (Fsp3) is 0.900. The van der Waals surface area contributed by atoms with Gasteiger partial charge in [-0.2, -0.15) is 11.8 Å². The second-order valence-corrected chi connectivity index (χ2v) is 5.61. The molecular formula is C10H18N2OS. The van der Waals surface area contributed by atoms with E-state index in [1.807, 2.05) is 11.8 Å². The number of carbonyl (C=O) groups is 1. The highest BCUT2D eigenvalue weighted by Gasteiger charge is 2.29. The quantitative estimate of drug-likeness (QED) is 0.712. The number of nitrogens with one attached hydrogen (secondary N) is 2. The molecule has 80 valence electrons. The maximum Gasteiger partial charge on any atom is 0.237 e. The van der Waals surface area contributed by atoms with Crippen LogP contribution in [0.5, 0.6) is 0 Å². The summed E-state index contributed by atoms with van der Waals surface area (Å²) in [5.41, 5.74) is 0. The van der Waals surface area contributed by atoms with Gasteiger partial charge in [-0.05, 0) is 25.0 Å². The van der Waals surface area contributed by atoms with Gasteiger partial charge in [0.25, 0.3) is 0 Å². The van der Waals surface area contributed by atoms with Gasteiger partial charge in [0.1, 0.15) is 0 Å². The van der Waals surface area contributed by atoms with Crippen molar-refractivity contribution in [2.24, 2.45) is 0 Å². The Morgan fingerprint density at radius 2 is 2.36 bits per heavy atom. The zero-order valence-electron chi connectivity index (χ0n) is 8.58. The average molecular weight is 214 g/mol. The lowest BCUT2D eigenvalue weighted by Gasteiger charge is -2.27. The summed E-state index contributed by atoms with van der Waals surface area (Å²) in [6.45, 7) is 3.10. The zero-order chi connectivity index (χ0) is 9.97. The molecule has 3 unspecified atom stereocenters. The van der Waals surface area contributed by atoms with Crippen LogP contribution in [0.4, 0.5) is 0 Å². The van der Waals surface area contributed by atoms with Crippen LogP contribution < -0.4 is 10.6 Å². The van der Waals surface area contributed by atoms with E-state index in [-0.39, 0.29) is 11.9 Å². The first-order valence-electron chi connectivity index (χ1n) is 5.43. The largest absolute Gasteiger partial charge is 0.355 e. The molecule has 2 heterocycles. The van der Waals surface area contributed by atoms with Crippen molar-refractivity contribution in [1.29, 1.82) is 0 Å². The van der Waals surface area contributed by atoms with Crippen LogP contribution >= 0.6 is 11.8 Å². The minimum absolute atomic E-state index is 0.0647. The Labute approximate surface area is 89.4 Å². The van der Waals surface area contributed by atoms with E-state index in [1.54, 1.807) is 0 Å². The van der Waals surface area contributed by atoms with Gasteiger partial charge in [0.15, 0.2) is 0 Å². The first-order valence-corrected chi connectivity index (χ1v) is 6.47. The predicted octanol–water partition coefficient (Wildman–Crippen LogP) is 0.749. The van der Waals surface area contributed by atoms with Gasteiger partial charge < -0.3 is 10.6 Å². The van der Waals surface area contributed by atoms with Gasteiger partial charge in [0, 0.05) is 17.8 Å². The van der Waals surface area contributed by atoms with Crippen LogP contribution in [0.2, 0.25) is 0 Å². The molecule has 0 aromatic heterocycles. The molecule has 3 atom stereocenters. The summed E-state index contributed by atoms with van der Waals surface area (Å²) >= 11 is 2.00. The number of piperidine rings is 1. The molecule has 0 saturated carbocycles. The third kappa shape index (κ3) is 2.23. The summed E-state index contributed by atoms with van der Waals surface area (Å²) in [5, 5.41) is 7.05. The molecule has 0 aromatic rings. The molecule has 2 saturated heterocycles. The SMILES string of the molecule is CC1SCCC1NC1CCCNC1=O. The van der Waals surface area contributed by atoms with Gasteiger partial charge in [-0.25, -0.2) is 0 Å². The van der Waals surface area contributed by atoms with E-state index < -0.39 is 0 Å². The van der Waals surface area contributed by atoms with E-state index in [1.165, 1.54) is 12.2 Å². The molecule has 0 aromatic carbocycles. The van der Waals surface area contributed by atoms with Crippen molar-refractivity contribution >= 4 is 17.7 Å². The molecule has 3 nitrogen and oxygen atoms in total. The highest BCUT2D eigenvalue weighted by atomic mass is 32.2. The fourth-order valence-electron chi connectivity index (χ4n) is 2.14. The van der Waals surface area contributed by atoms with Gasteiger partial charge in [-0.15, -0.1) is 0 Å². The fourth-order valence-corrected chi connectivity index (χ4v) is 3.35. The van der Waals surface area contributed by atoms with Crippen molar-refractivity contribution in [3.05, 3.63) is 0 Å². The lowest BCUT2D eigenvalue weighted by atomic mass is 10.0. The van der Waals surface area contributed by atoms with Crippen molar-refractivity contribution in [3.8, 4) is 0 Å². The van der Waals surface area contributed by atoms with E-state index in [0.29, 0.717) is 11.3 Å². The summed E-state index contributed by atoms with van der Waals surface area (Å²) in [5.74, 6) is 1.42. The molecule has 1 amide bonds. The molecule has 2 fully saturated rings. The Morgan fingerprint density at radius 1 is 1.50 bits per heavy atom. The maximum atomic E-state index is 11.5. The first-order chi connectivity index (χ1) is 6.77. The van der Waals surface area contributed by atoms with Crippen LogP contribution in [-0.4, -0.2) is 35.5 Å². The van der Waals surface area contributed by atoms with Crippen molar-refractivity contribution in [2.45, 2.75) is 43.5 Å². The van der Waals surface area contributed by atoms with Crippen molar-refractivity contribution in [3.63, 3.8) is 0 Å². The number of hydrogen-bond donors (Lipinski definition) is 2. The zero-order valence-corrected chi connectivity index (χ0v) is 9.40. The highest BCUT2D eigenvalue weighted by Crippen LogP contribution is 2.26. The van der Waals surface area contributed by atoms with Gasteiger partial charge in [-0.1, -0.05) is 6.92 Å². The predicted molar refractivity (Wildman–Crippen MR) is 59.5 cm³/mol. The molecule has 2 rings (SSSR count). The number of amides is 1. The Kier molecular flexibility index (Phi) is 3.34. The summed E-state index contributed by atoms with van der Waals surface area (Å²) in [6, 6.07) is 0.601. The van der Waals surface area contributed by atoms with Crippen LogP contribution in [0.1, 0.15) is 26.2 Å². The van der Waals surface area contributed by atoms with E-state index in [9.17, 15) is 4.79 Å². The van der Waals surface area contributed by atoms with Crippen LogP contribution in [-0.2, 0) is 4.79 Å². The van der Waals surface area contributed by atoms with Gasteiger partial charge in [-0.3, -0.25) is 4.79 Å². The molecule has 0 spiro atoms. The summed E-state index contributed by atoms with van der Waals surface area (Å²) in [4.78, 5) is 11.5. The van der Waals surface area contributed by atoms with E-state index in [2.05, 4.69) is 17.6 Å². The lowest BCUT2D eigenvalue weighted by molar-refractivity contribution is -0.124. The van der Waals surface area contributed by atoms with E-state index in [4.69, 9.17) is 0 Å². The van der Waals surface area contributed by atoms with Gasteiger partial charge >= 0.3 is 0 Å². The van der Waals surface area contributed by atoms with Crippen molar-refractivity contribution in [2.75, 3.05) is 12.3 Å². The molecule has 14 heavy (non-hydrogen) atoms. The minimum atomic E-state index is 0.0647. The summed E-state index contributed by atoms with van der Waals surface area (Å²) in [6.07, 6.45) is 3.31. The molecule has 2 aliphatic heterocycles. The summed E-state index contributed by atoms with van der Waals surface area (Å²) in [7, 11) is 0. The topological polar surface area (TPSA) is 41.1 Å². The number of hydrogen-bond acceptors (Lipinski definition) is 3. The highest BCUT2D eigenvalue weighted by molar-refractivity contribution is 8.00. The monoisotopic (exact) mass is 214 g/mol. The van der Waals surface area contributed by atoms with Crippen molar-refractivity contribution in [1.82, 2.24) is 10.6 Å². The Hall–Kier alpha value is -0.220. The van der Waals surface area contributed by atoms with Crippen LogP contribution in [0.15, 0.2) is 0 Å². The maximum absolute atomic E-state index is 11.5. The Bertz CT molecular complexity index is 222. The normalized spacial score (nSPS) is 38.4. The smallest absolute Gasteiger partial charge is 0.237 e.